The molecule has 0 bridgehead atoms. The summed E-state index contributed by atoms with van der Waals surface area (Å²) in [6, 6.07) is 0.0438. The Morgan fingerprint density at radius 1 is 1.41 bits per heavy atom. The van der Waals surface area contributed by atoms with Gasteiger partial charge in [-0.1, -0.05) is 0 Å². The summed E-state index contributed by atoms with van der Waals surface area (Å²) in [5, 5.41) is 0. The lowest BCUT2D eigenvalue weighted by Crippen LogP contribution is -2.44. The highest BCUT2D eigenvalue weighted by Gasteiger charge is 2.45. The van der Waals surface area contributed by atoms with Gasteiger partial charge in [-0.15, -0.1) is 0 Å². The second kappa shape index (κ2) is 4.67. The van der Waals surface area contributed by atoms with Crippen molar-refractivity contribution in [1.82, 2.24) is 4.90 Å². The Morgan fingerprint density at radius 2 is 1.94 bits per heavy atom. The van der Waals surface area contributed by atoms with Crippen molar-refractivity contribution in [2.75, 3.05) is 6.54 Å². The average molecular weight is 241 g/mol. The van der Waals surface area contributed by atoms with Crippen molar-refractivity contribution in [3.8, 4) is 0 Å². The first kappa shape index (κ1) is 14.0. The van der Waals surface area contributed by atoms with Crippen LogP contribution in [0.25, 0.3) is 0 Å². The summed E-state index contributed by atoms with van der Waals surface area (Å²) >= 11 is 0. The van der Waals surface area contributed by atoms with E-state index >= 15 is 0 Å². The monoisotopic (exact) mass is 241 g/mol. The lowest BCUT2D eigenvalue weighted by molar-refractivity contribution is -0.112. The number of hydrogen-bond acceptors (Lipinski definition) is 3. The van der Waals surface area contributed by atoms with Crippen LogP contribution in [0.5, 0.6) is 0 Å². The van der Waals surface area contributed by atoms with Gasteiger partial charge in [0.15, 0.2) is 0 Å². The highest BCUT2D eigenvalue weighted by molar-refractivity contribution is 5.71. The molecule has 4 nitrogen and oxygen atoms in total. The van der Waals surface area contributed by atoms with Crippen LogP contribution >= 0.6 is 0 Å². The standard InChI is InChI=1S/C13H23NO3/c1-10(2)14(8-13(9-15)6-7-13)11(16)17-12(3,4)5/h9-10H,6-8H2,1-5H3. The Morgan fingerprint density at radius 3 is 2.24 bits per heavy atom. The molecule has 0 N–H and O–H groups in total. The summed E-state index contributed by atoms with van der Waals surface area (Å²) < 4.78 is 5.35. The van der Waals surface area contributed by atoms with Gasteiger partial charge in [0.05, 0.1) is 0 Å². The van der Waals surface area contributed by atoms with Gasteiger partial charge in [0, 0.05) is 18.0 Å². The largest absolute Gasteiger partial charge is 0.444 e. The number of carbonyl (C=O) groups excluding carboxylic acids is 2. The van der Waals surface area contributed by atoms with Gasteiger partial charge in [0.1, 0.15) is 11.9 Å². The minimum Gasteiger partial charge on any atom is -0.444 e. The molecule has 17 heavy (non-hydrogen) atoms. The third-order valence-electron chi connectivity index (χ3n) is 2.88. The number of rotatable bonds is 4. The van der Waals surface area contributed by atoms with Gasteiger partial charge in [-0.25, -0.2) is 4.79 Å². The van der Waals surface area contributed by atoms with Crippen molar-refractivity contribution in [3.63, 3.8) is 0 Å². The first-order chi connectivity index (χ1) is 7.69. The zero-order valence-electron chi connectivity index (χ0n) is 11.4. The van der Waals surface area contributed by atoms with Gasteiger partial charge in [-0.05, 0) is 47.5 Å². The van der Waals surface area contributed by atoms with Gasteiger partial charge in [0.2, 0.25) is 0 Å². The second-order valence-corrected chi connectivity index (χ2v) is 6.18. The Kier molecular flexibility index (Phi) is 3.84. The molecule has 0 aromatic rings. The molecule has 0 aromatic heterocycles. The van der Waals surface area contributed by atoms with E-state index in [1.54, 1.807) is 4.90 Å². The molecular weight excluding hydrogens is 218 g/mol. The number of aldehydes is 1. The summed E-state index contributed by atoms with van der Waals surface area (Å²) in [5.74, 6) is 0. The van der Waals surface area contributed by atoms with Crippen molar-refractivity contribution >= 4 is 12.4 Å². The molecule has 1 aliphatic carbocycles. The van der Waals surface area contributed by atoms with Crippen LogP contribution in [0, 0.1) is 5.41 Å². The first-order valence-electron chi connectivity index (χ1n) is 6.15. The van der Waals surface area contributed by atoms with E-state index in [0.717, 1.165) is 19.1 Å². The molecule has 0 aliphatic heterocycles. The van der Waals surface area contributed by atoms with Gasteiger partial charge < -0.3 is 14.4 Å². The fraction of sp³-hybridized carbons (Fsp3) is 0.846. The molecule has 0 saturated heterocycles. The minimum atomic E-state index is -0.498. The molecule has 98 valence electrons. The molecule has 4 heteroatoms. The maximum absolute atomic E-state index is 12.0. The molecule has 1 amide bonds. The van der Waals surface area contributed by atoms with Crippen molar-refractivity contribution in [2.45, 2.75) is 59.1 Å². The van der Waals surface area contributed by atoms with Crippen LogP contribution in [0.15, 0.2) is 0 Å². The van der Waals surface area contributed by atoms with Crippen molar-refractivity contribution < 1.29 is 14.3 Å². The van der Waals surface area contributed by atoms with Crippen LogP contribution in [0.1, 0.15) is 47.5 Å². The van der Waals surface area contributed by atoms with Crippen molar-refractivity contribution in [3.05, 3.63) is 0 Å². The summed E-state index contributed by atoms with van der Waals surface area (Å²) in [5.41, 5.74) is -0.802. The Bertz CT molecular complexity index is 300. The van der Waals surface area contributed by atoms with Crippen LogP contribution in [0.4, 0.5) is 4.79 Å². The molecule has 0 spiro atoms. The van der Waals surface area contributed by atoms with E-state index in [1.807, 2.05) is 34.6 Å². The maximum Gasteiger partial charge on any atom is 0.410 e. The van der Waals surface area contributed by atoms with E-state index in [2.05, 4.69) is 0 Å². The molecular formula is C13H23NO3. The zero-order valence-corrected chi connectivity index (χ0v) is 11.4. The molecule has 0 unspecified atom stereocenters. The summed E-state index contributed by atoms with van der Waals surface area (Å²) in [4.78, 5) is 24.6. The van der Waals surface area contributed by atoms with Gasteiger partial charge in [-0.3, -0.25) is 0 Å². The van der Waals surface area contributed by atoms with E-state index < -0.39 is 5.60 Å². The normalized spacial score (nSPS) is 17.8. The van der Waals surface area contributed by atoms with Crippen LogP contribution in [0.2, 0.25) is 0 Å². The number of hydrogen-bond donors (Lipinski definition) is 0. The highest BCUT2D eigenvalue weighted by atomic mass is 16.6. The van der Waals surface area contributed by atoms with Gasteiger partial charge >= 0.3 is 6.09 Å². The van der Waals surface area contributed by atoms with E-state index in [0.29, 0.717) is 6.54 Å². The Labute approximate surface area is 103 Å². The third kappa shape index (κ3) is 4.02. The fourth-order valence-electron chi connectivity index (χ4n) is 1.59. The SMILES string of the molecule is CC(C)N(CC1(C=O)CC1)C(=O)OC(C)(C)C. The number of carbonyl (C=O) groups is 2. The zero-order chi connectivity index (χ0) is 13.3. The van der Waals surface area contributed by atoms with E-state index in [-0.39, 0.29) is 17.6 Å². The molecule has 1 saturated carbocycles. The molecule has 1 fully saturated rings. The lowest BCUT2D eigenvalue weighted by atomic mass is 10.1. The van der Waals surface area contributed by atoms with Gasteiger partial charge in [0.25, 0.3) is 0 Å². The predicted octanol–water partition coefficient (Wildman–Crippen LogP) is 2.61. The van der Waals surface area contributed by atoms with Crippen LogP contribution in [0.3, 0.4) is 0 Å². The molecule has 0 aromatic carbocycles. The minimum absolute atomic E-state index is 0.0438. The number of nitrogens with zero attached hydrogens (tertiary/aromatic N) is 1. The third-order valence-corrected chi connectivity index (χ3v) is 2.88. The second-order valence-electron chi connectivity index (χ2n) is 6.18. The molecule has 0 radical (unpaired) electrons. The highest BCUT2D eigenvalue weighted by Crippen LogP contribution is 2.44. The quantitative estimate of drug-likeness (QED) is 0.711. The van der Waals surface area contributed by atoms with E-state index in [1.165, 1.54) is 0 Å². The summed E-state index contributed by atoms with van der Waals surface area (Å²) in [7, 11) is 0. The van der Waals surface area contributed by atoms with Crippen LogP contribution < -0.4 is 0 Å². The molecule has 0 atom stereocenters. The summed E-state index contributed by atoms with van der Waals surface area (Å²) in [6.45, 7) is 9.88. The number of amides is 1. The van der Waals surface area contributed by atoms with Gasteiger partial charge in [-0.2, -0.15) is 0 Å². The first-order valence-corrected chi connectivity index (χ1v) is 6.15. The Hall–Kier alpha value is -1.06. The number of ether oxygens (including phenoxy) is 1. The maximum atomic E-state index is 12.0. The Balaban J connectivity index is 2.66. The summed E-state index contributed by atoms with van der Waals surface area (Å²) in [6.07, 6.45) is 2.40. The smallest absolute Gasteiger partial charge is 0.410 e. The van der Waals surface area contributed by atoms with Crippen LogP contribution in [-0.2, 0) is 9.53 Å². The van der Waals surface area contributed by atoms with Crippen LogP contribution in [-0.4, -0.2) is 35.5 Å². The molecule has 1 aliphatic rings. The molecule has 1 rings (SSSR count). The molecule has 0 heterocycles. The fourth-order valence-corrected chi connectivity index (χ4v) is 1.59. The topological polar surface area (TPSA) is 46.6 Å². The van der Waals surface area contributed by atoms with E-state index in [4.69, 9.17) is 4.74 Å². The van der Waals surface area contributed by atoms with Crippen molar-refractivity contribution in [1.29, 1.82) is 0 Å². The van der Waals surface area contributed by atoms with Crippen molar-refractivity contribution in [2.24, 2.45) is 5.41 Å². The average Bonchev–Trinajstić information content (AvgIpc) is 2.91. The lowest BCUT2D eigenvalue weighted by Gasteiger charge is -2.31. The predicted molar refractivity (Wildman–Crippen MR) is 65.8 cm³/mol. The van der Waals surface area contributed by atoms with E-state index in [9.17, 15) is 9.59 Å².